The molecule has 11 nitrogen and oxygen atoms in total. The SMILES string of the molecule is CC(=O)NCC(=O)Nc1ccc(/C=C/C(=O)NCC(=O)N(C)c2ccc(Cl)c(COc3cccn4c(Br)c(C)nc34)c2Cl)cc1.Cl. The van der Waals surface area contributed by atoms with Gasteiger partial charge >= 0.3 is 0 Å². The summed E-state index contributed by atoms with van der Waals surface area (Å²) >= 11 is 16.7. The van der Waals surface area contributed by atoms with Gasteiger partial charge in [-0.05, 0) is 70.9 Å². The smallest absolute Gasteiger partial charge is 0.246 e. The highest BCUT2D eigenvalue weighted by Gasteiger charge is 2.20. The van der Waals surface area contributed by atoms with Gasteiger partial charge in [0.15, 0.2) is 11.4 Å². The minimum Gasteiger partial charge on any atom is -0.485 e. The number of carbonyl (C=O) groups is 4. The zero-order chi connectivity index (χ0) is 32.7. The minimum atomic E-state index is -0.476. The van der Waals surface area contributed by atoms with E-state index in [4.69, 9.17) is 27.9 Å². The molecule has 0 atom stereocenters. The van der Waals surface area contributed by atoms with E-state index in [0.717, 1.165) is 10.3 Å². The van der Waals surface area contributed by atoms with Crippen molar-refractivity contribution in [3.05, 3.63) is 92.3 Å². The zero-order valence-electron chi connectivity index (χ0n) is 24.9. The highest BCUT2D eigenvalue weighted by atomic mass is 79.9. The van der Waals surface area contributed by atoms with Crippen LogP contribution in [-0.4, -0.2) is 53.2 Å². The van der Waals surface area contributed by atoms with Crippen molar-refractivity contribution in [2.75, 3.05) is 30.4 Å². The van der Waals surface area contributed by atoms with Crippen molar-refractivity contribution in [3.63, 3.8) is 0 Å². The van der Waals surface area contributed by atoms with E-state index in [9.17, 15) is 19.2 Å². The molecule has 2 aromatic heterocycles. The minimum absolute atomic E-state index is 0. The number of nitrogens with zero attached hydrogens (tertiary/aromatic N) is 3. The normalized spacial score (nSPS) is 10.7. The Morgan fingerprint density at radius 3 is 2.46 bits per heavy atom. The Bertz CT molecular complexity index is 1800. The van der Waals surface area contributed by atoms with E-state index >= 15 is 0 Å². The van der Waals surface area contributed by atoms with Crippen molar-refractivity contribution in [1.29, 1.82) is 0 Å². The van der Waals surface area contributed by atoms with Crippen LogP contribution in [0.3, 0.4) is 0 Å². The van der Waals surface area contributed by atoms with Gasteiger partial charge in [-0.15, -0.1) is 12.4 Å². The van der Waals surface area contributed by atoms with Crippen LogP contribution in [0.5, 0.6) is 5.75 Å². The second-order valence-electron chi connectivity index (χ2n) is 9.79. The van der Waals surface area contributed by atoms with E-state index in [-0.39, 0.29) is 48.9 Å². The molecule has 2 heterocycles. The number of fused-ring (bicyclic) bond motifs is 1. The molecule has 0 aliphatic carbocycles. The largest absolute Gasteiger partial charge is 0.485 e. The van der Waals surface area contributed by atoms with Gasteiger partial charge in [0.2, 0.25) is 23.6 Å². The topological polar surface area (TPSA) is 134 Å². The number of anilines is 2. The molecule has 242 valence electrons. The van der Waals surface area contributed by atoms with Crippen molar-refractivity contribution in [3.8, 4) is 5.75 Å². The lowest BCUT2D eigenvalue weighted by Crippen LogP contribution is -2.37. The van der Waals surface area contributed by atoms with Crippen LogP contribution in [0.4, 0.5) is 11.4 Å². The molecule has 2 aromatic carbocycles. The van der Waals surface area contributed by atoms with Crippen molar-refractivity contribution in [2.45, 2.75) is 20.5 Å². The predicted molar refractivity (Wildman–Crippen MR) is 185 cm³/mol. The quantitative estimate of drug-likeness (QED) is 0.172. The van der Waals surface area contributed by atoms with E-state index < -0.39 is 11.8 Å². The molecule has 3 N–H and O–H groups in total. The fraction of sp³-hybridized carbons (Fsp3) is 0.194. The maximum absolute atomic E-state index is 12.9. The van der Waals surface area contributed by atoms with Gasteiger partial charge in [0, 0.05) is 42.5 Å². The summed E-state index contributed by atoms with van der Waals surface area (Å²) in [6.45, 7) is 2.83. The fourth-order valence-corrected chi connectivity index (χ4v) is 5.08. The average molecular weight is 753 g/mol. The molecule has 46 heavy (non-hydrogen) atoms. The third-order valence-electron chi connectivity index (χ3n) is 6.52. The standard InChI is InChI=1S/C31H29BrCl2N6O5.ClH/c1-18-30(32)40-14-4-5-25(31(40)37-18)45-17-22-23(33)11-12-24(29(22)34)39(3)28(44)16-36-26(42)13-8-20-6-9-21(10-7-20)38-27(43)15-35-19(2)41;/h4-14H,15-17H2,1-3H3,(H,35,41)(H,36,42)(H,38,43);1H/b13-8+;. The lowest BCUT2D eigenvalue weighted by Gasteiger charge is -2.21. The summed E-state index contributed by atoms with van der Waals surface area (Å²) in [5.74, 6) is -1.01. The number of aryl methyl sites for hydroxylation is 1. The third kappa shape index (κ3) is 9.23. The first-order chi connectivity index (χ1) is 21.4. The van der Waals surface area contributed by atoms with Gasteiger partial charge in [0.05, 0.1) is 29.5 Å². The molecule has 0 saturated carbocycles. The number of hydrogen-bond acceptors (Lipinski definition) is 6. The molecule has 15 heteroatoms. The number of rotatable bonds is 11. The lowest BCUT2D eigenvalue weighted by molar-refractivity contribution is -0.122. The maximum atomic E-state index is 12.9. The fourth-order valence-electron chi connectivity index (χ4n) is 4.10. The Balaban J connectivity index is 0.00000576. The van der Waals surface area contributed by atoms with Crippen LogP contribution in [0.15, 0.2) is 65.4 Å². The monoisotopic (exact) mass is 750 g/mol. The summed E-state index contributed by atoms with van der Waals surface area (Å²) in [4.78, 5) is 53.9. The van der Waals surface area contributed by atoms with Gasteiger partial charge in [0.25, 0.3) is 0 Å². The van der Waals surface area contributed by atoms with Crippen LogP contribution in [0.1, 0.15) is 23.7 Å². The predicted octanol–water partition coefficient (Wildman–Crippen LogP) is 5.58. The van der Waals surface area contributed by atoms with Crippen LogP contribution in [-0.2, 0) is 25.8 Å². The number of amides is 4. The van der Waals surface area contributed by atoms with Gasteiger partial charge in [-0.1, -0.05) is 35.3 Å². The Kier molecular flexibility index (Phi) is 13.0. The second kappa shape index (κ2) is 16.5. The van der Waals surface area contributed by atoms with E-state index in [1.807, 2.05) is 23.6 Å². The lowest BCUT2D eigenvalue weighted by atomic mass is 10.2. The molecule has 0 fully saturated rings. The molecule has 0 radical (unpaired) electrons. The van der Waals surface area contributed by atoms with Crippen LogP contribution >= 0.6 is 51.5 Å². The molecule has 4 aromatic rings. The number of pyridine rings is 1. The van der Waals surface area contributed by atoms with Gasteiger partial charge in [-0.25, -0.2) is 4.98 Å². The Morgan fingerprint density at radius 1 is 1.04 bits per heavy atom. The molecule has 4 amide bonds. The number of ether oxygens (including phenoxy) is 1. The van der Waals surface area contributed by atoms with E-state index in [0.29, 0.717) is 38.9 Å². The summed E-state index contributed by atoms with van der Waals surface area (Å²) in [6.07, 6.45) is 4.73. The number of nitrogens with one attached hydrogen (secondary N) is 3. The van der Waals surface area contributed by atoms with Crippen molar-refractivity contribution >= 4 is 98.3 Å². The van der Waals surface area contributed by atoms with Crippen LogP contribution in [0.25, 0.3) is 11.7 Å². The third-order valence-corrected chi connectivity index (χ3v) is 8.25. The highest BCUT2D eigenvalue weighted by Crippen LogP contribution is 2.35. The number of hydrogen-bond donors (Lipinski definition) is 3. The highest BCUT2D eigenvalue weighted by molar-refractivity contribution is 9.10. The zero-order valence-corrected chi connectivity index (χ0v) is 28.8. The summed E-state index contributed by atoms with van der Waals surface area (Å²) in [6, 6.07) is 13.6. The van der Waals surface area contributed by atoms with Gasteiger partial charge in [0.1, 0.15) is 11.2 Å². The molecular weight excluding hydrogens is 723 g/mol. The summed E-state index contributed by atoms with van der Waals surface area (Å²) in [7, 11) is 1.55. The van der Waals surface area contributed by atoms with Gasteiger partial charge in [-0.2, -0.15) is 0 Å². The molecular formula is C31H30BrCl3N6O5. The molecule has 0 aliphatic heterocycles. The number of likely N-dealkylation sites (N-methyl/N-ethyl adjacent to an activating group) is 1. The number of imidazole rings is 1. The van der Waals surface area contributed by atoms with Crippen molar-refractivity contribution in [2.24, 2.45) is 0 Å². The van der Waals surface area contributed by atoms with Crippen LogP contribution < -0.4 is 25.6 Å². The van der Waals surface area contributed by atoms with Crippen LogP contribution in [0, 0.1) is 6.92 Å². The molecule has 0 aliphatic rings. The number of benzene rings is 2. The molecule has 4 rings (SSSR count). The Hall–Kier alpha value is -4.10. The van der Waals surface area contributed by atoms with Crippen molar-refractivity contribution in [1.82, 2.24) is 20.0 Å². The van der Waals surface area contributed by atoms with Gasteiger partial charge in [-0.3, -0.25) is 23.6 Å². The number of halogens is 4. The van der Waals surface area contributed by atoms with E-state index in [1.165, 1.54) is 17.9 Å². The summed E-state index contributed by atoms with van der Waals surface area (Å²) in [5.41, 5.74) is 3.56. The second-order valence-corrected chi connectivity index (χ2v) is 11.3. The maximum Gasteiger partial charge on any atom is 0.246 e. The van der Waals surface area contributed by atoms with E-state index in [2.05, 4.69) is 36.9 Å². The Labute approximate surface area is 289 Å². The van der Waals surface area contributed by atoms with E-state index in [1.54, 1.807) is 55.6 Å². The van der Waals surface area contributed by atoms with Gasteiger partial charge < -0.3 is 25.6 Å². The Morgan fingerprint density at radius 2 is 1.76 bits per heavy atom. The molecule has 0 bridgehead atoms. The number of carbonyl (C=O) groups excluding carboxylic acids is 4. The summed E-state index contributed by atoms with van der Waals surface area (Å²) in [5, 5.41) is 8.25. The molecule has 0 saturated heterocycles. The van der Waals surface area contributed by atoms with Crippen LogP contribution in [0.2, 0.25) is 10.0 Å². The molecule has 0 unspecified atom stereocenters. The average Bonchev–Trinajstić information content (AvgIpc) is 3.31. The summed E-state index contributed by atoms with van der Waals surface area (Å²) < 4.78 is 8.72. The number of aromatic nitrogens is 2. The first-order valence-corrected chi connectivity index (χ1v) is 15.1. The van der Waals surface area contributed by atoms with Crippen molar-refractivity contribution < 1.29 is 23.9 Å². The first kappa shape index (κ1) is 36.4. The molecule has 0 spiro atoms. The first-order valence-electron chi connectivity index (χ1n) is 13.5.